The maximum Gasteiger partial charge on any atom is 0.246 e. The molecule has 0 aliphatic carbocycles. The number of rotatable bonds is 4. The molecule has 0 atom stereocenters. The molecule has 0 spiro atoms. The quantitative estimate of drug-likeness (QED) is 0.769. The molecule has 0 aliphatic heterocycles. The smallest absolute Gasteiger partial charge is 0.246 e. The molecule has 0 fully saturated rings. The summed E-state index contributed by atoms with van der Waals surface area (Å²) < 4.78 is 30.3. The molecule has 0 N–H and O–H groups in total. The van der Waals surface area contributed by atoms with Gasteiger partial charge in [-0.2, -0.15) is 0 Å². The molecule has 0 saturated carbocycles. The number of hydrogen-bond acceptors (Lipinski definition) is 3. The van der Waals surface area contributed by atoms with Crippen LogP contribution >= 0.6 is 11.6 Å². The highest BCUT2D eigenvalue weighted by molar-refractivity contribution is 7.89. The predicted molar refractivity (Wildman–Crippen MR) is 58.5 cm³/mol. The lowest BCUT2D eigenvalue weighted by atomic mass is 10.4. The van der Waals surface area contributed by atoms with Crippen LogP contribution in [-0.4, -0.2) is 26.3 Å². The van der Waals surface area contributed by atoms with E-state index in [9.17, 15) is 8.42 Å². The van der Waals surface area contributed by atoms with E-state index in [4.69, 9.17) is 16.0 Å². The third-order valence-electron chi connectivity index (χ3n) is 2.19. The van der Waals surface area contributed by atoms with Gasteiger partial charge in [0.15, 0.2) is 0 Å². The number of hydrogen-bond donors (Lipinski definition) is 0. The van der Waals surface area contributed by atoms with E-state index in [0.717, 1.165) is 0 Å². The van der Waals surface area contributed by atoms with Crippen LogP contribution in [0.5, 0.6) is 0 Å². The van der Waals surface area contributed by atoms with Gasteiger partial charge in [0, 0.05) is 19.7 Å². The van der Waals surface area contributed by atoms with Gasteiger partial charge in [-0.1, -0.05) is 6.92 Å². The van der Waals surface area contributed by atoms with Gasteiger partial charge in [0.1, 0.15) is 16.4 Å². The summed E-state index contributed by atoms with van der Waals surface area (Å²) in [7, 11) is -1.90. The first-order valence-corrected chi connectivity index (χ1v) is 6.52. The fourth-order valence-electron chi connectivity index (χ4n) is 1.18. The molecule has 1 aromatic heterocycles. The minimum Gasteiger partial charge on any atom is -0.464 e. The number of furan rings is 1. The summed E-state index contributed by atoms with van der Waals surface area (Å²) in [6.07, 6.45) is 0. The van der Waals surface area contributed by atoms with Gasteiger partial charge in [0.05, 0.1) is 5.88 Å². The zero-order valence-electron chi connectivity index (χ0n) is 8.95. The Kier molecular flexibility index (Phi) is 3.81. The second-order valence-corrected chi connectivity index (χ2v) is 5.47. The first-order chi connectivity index (χ1) is 6.93. The zero-order chi connectivity index (χ0) is 11.6. The number of sulfonamides is 1. The van der Waals surface area contributed by atoms with Crippen LogP contribution in [0, 0.1) is 6.92 Å². The lowest BCUT2D eigenvalue weighted by molar-refractivity contribution is 0.473. The average Bonchev–Trinajstić information content (AvgIpc) is 2.58. The van der Waals surface area contributed by atoms with Gasteiger partial charge in [-0.05, 0) is 6.92 Å². The maximum atomic E-state index is 11.9. The van der Waals surface area contributed by atoms with E-state index in [1.54, 1.807) is 13.8 Å². The Morgan fingerprint density at radius 1 is 1.53 bits per heavy atom. The van der Waals surface area contributed by atoms with Crippen molar-refractivity contribution in [2.45, 2.75) is 24.6 Å². The van der Waals surface area contributed by atoms with E-state index >= 15 is 0 Å². The van der Waals surface area contributed by atoms with Crippen LogP contribution in [0.3, 0.4) is 0 Å². The SMILES string of the molecule is CCN(C)S(=O)(=O)c1cc(CCl)oc1C. The third kappa shape index (κ3) is 2.35. The third-order valence-corrected chi connectivity index (χ3v) is 4.49. The summed E-state index contributed by atoms with van der Waals surface area (Å²) in [5.74, 6) is 1.02. The Bertz CT molecular complexity index is 438. The molecule has 0 saturated heterocycles. The van der Waals surface area contributed by atoms with Crippen LogP contribution in [0.25, 0.3) is 0 Å². The highest BCUT2D eigenvalue weighted by Crippen LogP contribution is 2.23. The Balaban J connectivity index is 3.21. The van der Waals surface area contributed by atoms with E-state index in [1.165, 1.54) is 17.4 Å². The van der Waals surface area contributed by atoms with Crippen molar-refractivity contribution in [1.29, 1.82) is 0 Å². The summed E-state index contributed by atoms with van der Waals surface area (Å²) >= 11 is 5.57. The number of aryl methyl sites for hydroxylation is 1. The molecular formula is C9H14ClNO3S. The largest absolute Gasteiger partial charge is 0.464 e. The minimum absolute atomic E-state index is 0.173. The molecule has 0 aliphatic rings. The maximum absolute atomic E-state index is 11.9. The standard InChI is InChI=1S/C9H14ClNO3S/c1-4-11(3)15(12,13)9-5-8(6-10)14-7(9)2/h5H,4,6H2,1-3H3. The molecule has 1 rings (SSSR count). The van der Waals surface area contributed by atoms with E-state index in [0.29, 0.717) is 18.1 Å². The van der Waals surface area contributed by atoms with Gasteiger partial charge >= 0.3 is 0 Å². The molecule has 6 heteroatoms. The van der Waals surface area contributed by atoms with Gasteiger partial charge in [-0.25, -0.2) is 12.7 Å². The molecule has 1 heterocycles. The fraction of sp³-hybridized carbons (Fsp3) is 0.556. The average molecular weight is 252 g/mol. The fourth-order valence-corrected chi connectivity index (χ4v) is 2.68. The van der Waals surface area contributed by atoms with Gasteiger partial charge in [0.2, 0.25) is 10.0 Å². The Labute approximate surface area is 94.9 Å². The van der Waals surface area contributed by atoms with Crippen molar-refractivity contribution in [2.24, 2.45) is 0 Å². The van der Waals surface area contributed by atoms with Gasteiger partial charge in [-0.15, -0.1) is 11.6 Å². The lowest BCUT2D eigenvalue weighted by Crippen LogP contribution is -2.26. The molecule has 86 valence electrons. The second-order valence-electron chi connectivity index (χ2n) is 3.19. The highest BCUT2D eigenvalue weighted by atomic mass is 35.5. The van der Waals surface area contributed by atoms with Crippen molar-refractivity contribution in [2.75, 3.05) is 13.6 Å². The summed E-state index contributed by atoms with van der Waals surface area (Å²) in [6, 6.07) is 1.48. The van der Waals surface area contributed by atoms with Crippen LogP contribution in [0.15, 0.2) is 15.4 Å². The molecule has 0 aromatic carbocycles. The van der Waals surface area contributed by atoms with Gasteiger partial charge in [-0.3, -0.25) is 0 Å². The first kappa shape index (κ1) is 12.5. The lowest BCUT2D eigenvalue weighted by Gasteiger charge is -2.13. The number of halogens is 1. The predicted octanol–water partition coefficient (Wildman–Crippen LogP) is 1.97. The summed E-state index contributed by atoms with van der Waals surface area (Å²) in [4.78, 5) is 0.197. The van der Waals surface area contributed by atoms with E-state index < -0.39 is 10.0 Å². The van der Waals surface area contributed by atoms with Crippen molar-refractivity contribution >= 4 is 21.6 Å². The van der Waals surface area contributed by atoms with Crippen LogP contribution in [0.4, 0.5) is 0 Å². The summed E-state index contributed by atoms with van der Waals surface area (Å²) in [5.41, 5.74) is 0. The molecule has 0 amide bonds. The van der Waals surface area contributed by atoms with Crippen molar-refractivity contribution in [3.63, 3.8) is 0 Å². The summed E-state index contributed by atoms with van der Waals surface area (Å²) in [5, 5.41) is 0. The molecular weight excluding hydrogens is 238 g/mol. The normalized spacial score (nSPS) is 12.3. The van der Waals surface area contributed by atoms with Crippen molar-refractivity contribution in [1.82, 2.24) is 4.31 Å². The zero-order valence-corrected chi connectivity index (χ0v) is 10.5. The van der Waals surface area contributed by atoms with Crippen molar-refractivity contribution in [3.05, 3.63) is 17.6 Å². The van der Waals surface area contributed by atoms with E-state index in [-0.39, 0.29) is 10.8 Å². The second kappa shape index (κ2) is 4.55. The van der Waals surface area contributed by atoms with E-state index in [1.807, 2.05) is 0 Å². The summed E-state index contributed by atoms with van der Waals surface area (Å²) in [6.45, 7) is 3.81. The van der Waals surface area contributed by atoms with Crippen LogP contribution in [0.2, 0.25) is 0 Å². The van der Waals surface area contributed by atoms with E-state index in [2.05, 4.69) is 0 Å². The van der Waals surface area contributed by atoms with Gasteiger partial charge in [0.25, 0.3) is 0 Å². The number of alkyl halides is 1. The molecule has 0 radical (unpaired) electrons. The molecule has 1 aromatic rings. The molecule has 15 heavy (non-hydrogen) atoms. The van der Waals surface area contributed by atoms with Crippen LogP contribution in [0.1, 0.15) is 18.4 Å². The Hall–Kier alpha value is -0.520. The Morgan fingerprint density at radius 3 is 2.53 bits per heavy atom. The monoisotopic (exact) mass is 251 g/mol. The van der Waals surface area contributed by atoms with Crippen LogP contribution < -0.4 is 0 Å². The minimum atomic E-state index is -3.43. The molecule has 0 unspecified atom stereocenters. The van der Waals surface area contributed by atoms with Crippen LogP contribution in [-0.2, 0) is 15.9 Å². The first-order valence-electron chi connectivity index (χ1n) is 4.55. The Morgan fingerprint density at radius 2 is 2.13 bits per heavy atom. The molecule has 4 nitrogen and oxygen atoms in total. The van der Waals surface area contributed by atoms with Gasteiger partial charge < -0.3 is 4.42 Å². The number of nitrogens with zero attached hydrogens (tertiary/aromatic N) is 1. The molecule has 0 bridgehead atoms. The topological polar surface area (TPSA) is 50.5 Å². The van der Waals surface area contributed by atoms with Crippen molar-refractivity contribution < 1.29 is 12.8 Å². The highest BCUT2D eigenvalue weighted by Gasteiger charge is 2.24. The van der Waals surface area contributed by atoms with Crippen molar-refractivity contribution in [3.8, 4) is 0 Å².